The Labute approximate surface area is 180 Å². The summed E-state index contributed by atoms with van der Waals surface area (Å²) in [5, 5.41) is 2.64. The number of sulfonamides is 1. The van der Waals surface area contributed by atoms with Crippen molar-refractivity contribution >= 4 is 39.1 Å². The van der Waals surface area contributed by atoms with Crippen LogP contribution in [0, 0.1) is 5.82 Å². The van der Waals surface area contributed by atoms with E-state index < -0.39 is 40.2 Å². The van der Waals surface area contributed by atoms with Crippen molar-refractivity contribution in [2.45, 2.75) is 19.5 Å². The van der Waals surface area contributed by atoms with Crippen LogP contribution in [0.3, 0.4) is 0 Å². The number of likely N-dealkylation sites (N-methyl/N-ethyl adjacent to an activating group) is 1. The molecule has 2 rings (SSSR count). The van der Waals surface area contributed by atoms with Crippen molar-refractivity contribution in [3.8, 4) is 0 Å². The third kappa shape index (κ3) is 5.93. The Morgan fingerprint density at radius 1 is 1.13 bits per heavy atom. The molecule has 2 aromatic rings. The summed E-state index contributed by atoms with van der Waals surface area (Å²) in [6, 6.07) is 10.8. The second-order valence-electron chi connectivity index (χ2n) is 6.66. The Bertz CT molecular complexity index is 1010. The minimum absolute atomic E-state index is 0.00613. The molecule has 1 unspecified atom stereocenters. The van der Waals surface area contributed by atoms with Crippen LogP contribution in [-0.2, 0) is 26.2 Å². The zero-order valence-corrected chi connectivity index (χ0v) is 18.4. The van der Waals surface area contributed by atoms with Crippen molar-refractivity contribution in [1.29, 1.82) is 0 Å². The van der Waals surface area contributed by atoms with E-state index >= 15 is 0 Å². The van der Waals surface area contributed by atoms with E-state index in [1.54, 1.807) is 12.1 Å². The third-order valence-corrected chi connectivity index (χ3v) is 5.93. The van der Waals surface area contributed by atoms with Crippen LogP contribution in [-0.4, -0.2) is 51.0 Å². The monoisotopic (exact) mass is 455 g/mol. The van der Waals surface area contributed by atoms with Crippen LogP contribution in [0.15, 0.2) is 48.5 Å². The maximum absolute atomic E-state index is 13.2. The highest BCUT2D eigenvalue weighted by molar-refractivity contribution is 7.92. The van der Waals surface area contributed by atoms with E-state index in [9.17, 15) is 22.4 Å². The van der Waals surface area contributed by atoms with Crippen LogP contribution < -0.4 is 9.62 Å². The van der Waals surface area contributed by atoms with Gasteiger partial charge in [0.25, 0.3) is 0 Å². The maximum atomic E-state index is 13.2. The first-order valence-electron chi connectivity index (χ1n) is 9.02. The molecule has 0 fully saturated rings. The van der Waals surface area contributed by atoms with Crippen molar-refractivity contribution in [2.24, 2.45) is 0 Å². The zero-order valence-electron chi connectivity index (χ0n) is 16.8. The molecule has 1 N–H and O–H groups in total. The Kier molecular flexibility index (Phi) is 7.80. The molecule has 30 heavy (non-hydrogen) atoms. The molecule has 0 aliphatic rings. The van der Waals surface area contributed by atoms with Gasteiger partial charge in [0.05, 0.1) is 17.0 Å². The van der Waals surface area contributed by atoms with E-state index in [0.717, 1.165) is 10.6 Å². The molecular formula is C20H23ClFN3O4S. The van der Waals surface area contributed by atoms with Crippen LogP contribution in [0.25, 0.3) is 0 Å². The summed E-state index contributed by atoms with van der Waals surface area (Å²) in [5.74, 6) is -1.46. The number of hydrogen-bond acceptors (Lipinski definition) is 4. The number of para-hydroxylation sites is 1. The first-order chi connectivity index (χ1) is 14.0. The van der Waals surface area contributed by atoms with Crippen molar-refractivity contribution < 1.29 is 22.4 Å². The van der Waals surface area contributed by atoms with Gasteiger partial charge in [-0.3, -0.25) is 13.9 Å². The summed E-state index contributed by atoms with van der Waals surface area (Å²) >= 11 is 6.14. The normalized spacial score (nSPS) is 12.2. The first-order valence-corrected chi connectivity index (χ1v) is 11.2. The van der Waals surface area contributed by atoms with Crippen LogP contribution in [0.1, 0.15) is 12.5 Å². The third-order valence-electron chi connectivity index (χ3n) is 4.48. The number of carbonyl (C=O) groups excluding carboxylic acids is 2. The number of amides is 2. The van der Waals surface area contributed by atoms with Crippen LogP contribution in [0.5, 0.6) is 0 Å². The van der Waals surface area contributed by atoms with E-state index in [4.69, 9.17) is 11.6 Å². The number of anilines is 1. The molecule has 2 aromatic carbocycles. The van der Waals surface area contributed by atoms with Gasteiger partial charge in [-0.05, 0) is 36.8 Å². The average molecular weight is 456 g/mol. The molecule has 0 bridgehead atoms. The second-order valence-corrected chi connectivity index (χ2v) is 8.97. The summed E-state index contributed by atoms with van der Waals surface area (Å²) in [6.45, 7) is 0.972. The SMILES string of the molecule is CNC(=O)C(C)N(Cc1ccc(F)cc1)C(=O)CN(c1ccccc1Cl)S(C)(=O)=O. The lowest BCUT2D eigenvalue weighted by Gasteiger charge is -2.31. The van der Waals surface area contributed by atoms with Gasteiger partial charge in [0.1, 0.15) is 18.4 Å². The highest BCUT2D eigenvalue weighted by Crippen LogP contribution is 2.27. The molecule has 7 nitrogen and oxygen atoms in total. The van der Waals surface area contributed by atoms with E-state index in [0.29, 0.717) is 5.56 Å². The van der Waals surface area contributed by atoms with Gasteiger partial charge >= 0.3 is 0 Å². The number of carbonyl (C=O) groups is 2. The number of nitrogens with one attached hydrogen (secondary N) is 1. The van der Waals surface area contributed by atoms with E-state index in [1.165, 1.54) is 55.3 Å². The molecular weight excluding hydrogens is 433 g/mol. The fraction of sp³-hybridized carbons (Fsp3) is 0.300. The quantitative estimate of drug-likeness (QED) is 0.662. The lowest BCUT2D eigenvalue weighted by atomic mass is 10.1. The summed E-state index contributed by atoms with van der Waals surface area (Å²) in [4.78, 5) is 26.6. The largest absolute Gasteiger partial charge is 0.357 e. The summed E-state index contributed by atoms with van der Waals surface area (Å²) in [7, 11) is -2.41. The predicted octanol–water partition coefficient (Wildman–Crippen LogP) is 2.41. The topological polar surface area (TPSA) is 86.8 Å². The second kappa shape index (κ2) is 9.90. The number of hydrogen-bond donors (Lipinski definition) is 1. The van der Waals surface area contributed by atoms with Gasteiger partial charge in [-0.15, -0.1) is 0 Å². The summed E-state index contributed by atoms with van der Waals surface area (Å²) < 4.78 is 38.9. The number of benzene rings is 2. The molecule has 0 aliphatic carbocycles. The van der Waals surface area contributed by atoms with E-state index in [1.807, 2.05) is 0 Å². The molecule has 0 saturated heterocycles. The number of nitrogens with zero attached hydrogens (tertiary/aromatic N) is 2. The fourth-order valence-electron chi connectivity index (χ4n) is 2.83. The molecule has 1 atom stereocenters. The highest BCUT2D eigenvalue weighted by Gasteiger charge is 2.30. The van der Waals surface area contributed by atoms with E-state index in [2.05, 4.69) is 5.32 Å². The van der Waals surface area contributed by atoms with Crippen LogP contribution in [0.2, 0.25) is 5.02 Å². The lowest BCUT2D eigenvalue weighted by Crippen LogP contribution is -2.50. The van der Waals surface area contributed by atoms with Gasteiger partial charge in [-0.2, -0.15) is 0 Å². The first kappa shape index (κ1) is 23.6. The van der Waals surface area contributed by atoms with Crippen molar-refractivity contribution in [2.75, 3.05) is 24.2 Å². The van der Waals surface area contributed by atoms with Gasteiger partial charge in [0.2, 0.25) is 21.8 Å². The number of rotatable bonds is 8. The minimum atomic E-state index is -3.85. The van der Waals surface area contributed by atoms with Gasteiger partial charge in [0, 0.05) is 13.6 Å². The van der Waals surface area contributed by atoms with Gasteiger partial charge < -0.3 is 10.2 Å². The minimum Gasteiger partial charge on any atom is -0.357 e. The molecule has 0 spiro atoms. The fourth-order valence-corrected chi connectivity index (χ4v) is 3.98. The molecule has 0 saturated carbocycles. The smallest absolute Gasteiger partial charge is 0.244 e. The average Bonchev–Trinajstić information content (AvgIpc) is 2.70. The highest BCUT2D eigenvalue weighted by atomic mass is 35.5. The lowest BCUT2D eigenvalue weighted by molar-refractivity contribution is -0.139. The van der Waals surface area contributed by atoms with E-state index in [-0.39, 0.29) is 17.3 Å². The molecule has 0 aromatic heterocycles. The molecule has 0 heterocycles. The molecule has 0 aliphatic heterocycles. The van der Waals surface area contributed by atoms with Crippen LogP contribution in [0.4, 0.5) is 10.1 Å². The van der Waals surface area contributed by atoms with Crippen LogP contribution >= 0.6 is 11.6 Å². The molecule has 2 amide bonds. The number of halogens is 2. The van der Waals surface area contributed by atoms with Gasteiger partial charge in [-0.25, -0.2) is 12.8 Å². The molecule has 10 heteroatoms. The van der Waals surface area contributed by atoms with Crippen molar-refractivity contribution in [1.82, 2.24) is 10.2 Å². The Morgan fingerprint density at radius 2 is 1.73 bits per heavy atom. The molecule has 0 radical (unpaired) electrons. The van der Waals surface area contributed by atoms with Gasteiger partial charge in [0.15, 0.2) is 0 Å². The summed E-state index contributed by atoms with van der Waals surface area (Å²) in [6.07, 6.45) is 0.968. The maximum Gasteiger partial charge on any atom is 0.244 e. The van der Waals surface area contributed by atoms with Gasteiger partial charge in [-0.1, -0.05) is 35.9 Å². The Hall–Kier alpha value is -2.65. The Morgan fingerprint density at radius 3 is 2.27 bits per heavy atom. The summed E-state index contributed by atoms with van der Waals surface area (Å²) in [5.41, 5.74) is 0.744. The van der Waals surface area contributed by atoms with Crippen molar-refractivity contribution in [3.05, 3.63) is 64.9 Å². The Balaban J connectivity index is 2.38. The predicted molar refractivity (Wildman–Crippen MR) is 114 cm³/mol. The standard InChI is InChI=1S/C20H23ClFN3O4S/c1-14(20(27)23-2)24(12-15-8-10-16(22)11-9-15)19(26)13-25(30(3,28)29)18-7-5-4-6-17(18)21/h4-11,14H,12-13H2,1-3H3,(H,23,27). The molecule has 162 valence electrons. The zero-order chi connectivity index (χ0) is 22.5. The van der Waals surface area contributed by atoms with Crippen molar-refractivity contribution in [3.63, 3.8) is 0 Å².